The van der Waals surface area contributed by atoms with Crippen molar-refractivity contribution in [3.63, 3.8) is 0 Å². The van der Waals surface area contributed by atoms with Gasteiger partial charge in [0, 0.05) is 28.8 Å². The first-order valence-corrected chi connectivity index (χ1v) is 9.49. The molecular weight excluding hydrogens is 427 g/mol. The quantitative estimate of drug-likeness (QED) is 0.711. The molecule has 1 unspecified atom stereocenters. The van der Waals surface area contributed by atoms with Crippen LogP contribution >= 0.6 is 22.6 Å². The highest BCUT2D eigenvalue weighted by molar-refractivity contribution is 14.1. The third-order valence-corrected chi connectivity index (χ3v) is 5.70. The van der Waals surface area contributed by atoms with Crippen LogP contribution < -0.4 is 5.32 Å². The predicted molar refractivity (Wildman–Crippen MR) is 107 cm³/mol. The van der Waals surface area contributed by atoms with Crippen molar-refractivity contribution in [3.05, 3.63) is 63.2 Å². The van der Waals surface area contributed by atoms with Crippen LogP contribution in [0.4, 0.5) is 5.69 Å². The van der Waals surface area contributed by atoms with E-state index in [4.69, 9.17) is 0 Å². The van der Waals surface area contributed by atoms with Crippen LogP contribution in [-0.4, -0.2) is 29.8 Å². The second kappa shape index (κ2) is 7.99. The summed E-state index contributed by atoms with van der Waals surface area (Å²) >= 11 is 2.25. The standard InChI is InChI=1S/C20H21IN2O2/c1-14-7-8-17(12-18(14)21)22-20(25)16-11-19(24)23(13-16)10-9-15-5-3-2-4-6-15/h2-8,12,16H,9-11,13H2,1H3,(H,22,25). The molecule has 0 spiro atoms. The van der Waals surface area contributed by atoms with Crippen LogP contribution in [-0.2, 0) is 16.0 Å². The van der Waals surface area contributed by atoms with Crippen molar-refractivity contribution in [2.45, 2.75) is 19.8 Å². The lowest BCUT2D eigenvalue weighted by molar-refractivity contribution is -0.128. The van der Waals surface area contributed by atoms with Crippen molar-refractivity contribution < 1.29 is 9.59 Å². The SMILES string of the molecule is Cc1ccc(NC(=O)C2CC(=O)N(CCc3ccccc3)C2)cc1I. The van der Waals surface area contributed by atoms with Crippen LogP contribution in [0.15, 0.2) is 48.5 Å². The number of benzene rings is 2. The van der Waals surface area contributed by atoms with E-state index >= 15 is 0 Å². The molecule has 1 atom stereocenters. The van der Waals surface area contributed by atoms with E-state index < -0.39 is 0 Å². The minimum absolute atomic E-state index is 0.0644. The first-order chi connectivity index (χ1) is 12.0. The second-order valence-electron chi connectivity index (χ2n) is 6.43. The van der Waals surface area contributed by atoms with Crippen LogP contribution in [0.5, 0.6) is 0 Å². The average molecular weight is 448 g/mol. The number of likely N-dealkylation sites (tertiary alicyclic amines) is 1. The Morgan fingerprint density at radius 3 is 2.72 bits per heavy atom. The highest BCUT2D eigenvalue weighted by Crippen LogP contribution is 2.22. The molecule has 0 radical (unpaired) electrons. The number of anilines is 1. The van der Waals surface area contributed by atoms with Crippen molar-refractivity contribution in [2.24, 2.45) is 5.92 Å². The van der Waals surface area contributed by atoms with E-state index in [1.165, 1.54) is 11.1 Å². The van der Waals surface area contributed by atoms with Gasteiger partial charge in [-0.1, -0.05) is 36.4 Å². The summed E-state index contributed by atoms with van der Waals surface area (Å²) in [6.07, 6.45) is 1.11. The molecule has 130 valence electrons. The molecule has 1 aliphatic heterocycles. The Kier molecular flexibility index (Phi) is 5.73. The highest BCUT2D eigenvalue weighted by Gasteiger charge is 2.34. The largest absolute Gasteiger partial charge is 0.342 e. The van der Waals surface area contributed by atoms with Gasteiger partial charge in [-0.05, 0) is 59.2 Å². The average Bonchev–Trinajstić information content (AvgIpc) is 2.98. The fourth-order valence-electron chi connectivity index (χ4n) is 2.99. The number of carbonyl (C=O) groups is 2. The van der Waals surface area contributed by atoms with Crippen LogP contribution in [0.2, 0.25) is 0 Å². The van der Waals surface area contributed by atoms with E-state index in [9.17, 15) is 9.59 Å². The molecule has 1 saturated heterocycles. The molecule has 1 heterocycles. The first-order valence-electron chi connectivity index (χ1n) is 8.41. The first kappa shape index (κ1) is 17.9. The normalized spacial score (nSPS) is 17.0. The molecule has 1 aliphatic rings. The number of hydrogen-bond donors (Lipinski definition) is 1. The molecule has 1 fully saturated rings. The number of aryl methyl sites for hydroxylation is 1. The van der Waals surface area contributed by atoms with Gasteiger partial charge in [-0.3, -0.25) is 9.59 Å². The molecular formula is C20H21IN2O2. The van der Waals surface area contributed by atoms with Crippen LogP contribution in [0.25, 0.3) is 0 Å². The molecule has 3 rings (SSSR count). The summed E-state index contributed by atoms with van der Waals surface area (Å²) in [5.41, 5.74) is 3.18. The molecule has 2 aromatic carbocycles. The van der Waals surface area contributed by atoms with Gasteiger partial charge in [0.2, 0.25) is 11.8 Å². The van der Waals surface area contributed by atoms with Crippen LogP contribution in [0.3, 0.4) is 0 Å². The fraction of sp³-hybridized carbons (Fsp3) is 0.300. The van der Waals surface area contributed by atoms with Crippen molar-refractivity contribution in [3.8, 4) is 0 Å². The fourth-order valence-corrected chi connectivity index (χ4v) is 3.50. The van der Waals surface area contributed by atoms with E-state index in [1.807, 2.05) is 43.3 Å². The van der Waals surface area contributed by atoms with E-state index in [0.717, 1.165) is 15.7 Å². The Morgan fingerprint density at radius 1 is 1.24 bits per heavy atom. The zero-order valence-corrected chi connectivity index (χ0v) is 16.3. The predicted octanol–water partition coefficient (Wildman–Crippen LogP) is 3.63. The Balaban J connectivity index is 1.56. The van der Waals surface area contributed by atoms with E-state index in [1.54, 1.807) is 4.90 Å². The minimum atomic E-state index is -0.276. The van der Waals surface area contributed by atoms with Crippen LogP contribution in [0.1, 0.15) is 17.5 Å². The highest BCUT2D eigenvalue weighted by atomic mass is 127. The number of rotatable bonds is 5. The third kappa shape index (κ3) is 4.60. The van der Waals surface area contributed by atoms with Crippen molar-refractivity contribution >= 4 is 40.1 Å². The molecule has 4 nitrogen and oxygen atoms in total. The van der Waals surface area contributed by atoms with Crippen LogP contribution in [0, 0.1) is 16.4 Å². The number of nitrogens with one attached hydrogen (secondary N) is 1. The number of nitrogens with zero attached hydrogens (tertiary/aromatic N) is 1. The maximum absolute atomic E-state index is 12.5. The molecule has 0 saturated carbocycles. The van der Waals surface area contributed by atoms with E-state index in [-0.39, 0.29) is 17.7 Å². The Bertz CT molecular complexity index is 777. The van der Waals surface area contributed by atoms with Gasteiger partial charge in [-0.2, -0.15) is 0 Å². The molecule has 2 aromatic rings. The lowest BCUT2D eigenvalue weighted by Crippen LogP contribution is -2.30. The lowest BCUT2D eigenvalue weighted by Gasteiger charge is -2.16. The van der Waals surface area contributed by atoms with Gasteiger partial charge in [0.15, 0.2) is 0 Å². The maximum Gasteiger partial charge on any atom is 0.229 e. The zero-order chi connectivity index (χ0) is 17.8. The Morgan fingerprint density at radius 2 is 2.00 bits per heavy atom. The molecule has 0 aromatic heterocycles. The minimum Gasteiger partial charge on any atom is -0.342 e. The lowest BCUT2D eigenvalue weighted by atomic mass is 10.1. The number of amides is 2. The zero-order valence-electron chi connectivity index (χ0n) is 14.2. The monoisotopic (exact) mass is 448 g/mol. The summed E-state index contributed by atoms with van der Waals surface area (Å²) < 4.78 is 1.11. The molecule has 2 amide bonds. The number of hydrogen-bond acceptors (Lipinski definition) is 2. The smallest absolute Gasteiger partial charge is 0.229 e. The topological polar surface area (TPSA) is 49.4 Å². The van der Waals surface area contributed by atoms with Crippen molar-refractivity contribution in [2.75, 3.05) is 18.4 Å². The summed E-state index contributed by atoms with van der Waals surface area (Å²) in [6, 6.07) is 16.0. The summed E-state index contributed by atoms with van der Waals surface area (Å²) in [4.78, 5) is 26.5. The van der Waals surface area contributed by atoms with Crippen molar-refractivity contribution in [1.82, 2.24) is 4.90 Å². The number of halogens is 1. The van der Waals surface area contributed by atoms with Crippen molar-refractivity contribution in [1.29, 1.82) is 0 Å². The van der Waals surface area contributed by atoms with Gasteiger partial charge >= 0.3 is 0 Å². The summed E-state index contributed by atoms with van der Waals surface area (Å²) in [6.45, 7) is 3.20. The van der Waals surface area contributed by atoms with Gasteiger partial charge < -0.3 is 10.2 Å². The molecule has 25 heavy (non-hydrogen) atoms. The van der Waals surface area contributed by atoms with Gasteiger partial charge in [0.25, 0.3) is 0 Å². The summed E-state index contributed by atoms with van der Waals surface area (Å²) in [5, 5.41) is 2.94. The Labute approximate surface area is 161 Å². The molecule has 1 N–H and O–H groups in total. The molecule has 0 aliphatic carbocycles. The van der Waals surface area contributed by atoms with Gasteiger partial charge in [0.05, 0.1) is 5.92 Å². The third-order valence-electron chi connectivity index (χ3n) is 4.54. The van der Waals surface area contributed by atoms with E-state index in [0.29, 0.717) is 19.5 Å². The van der Waals surface area contributed by atoms with E-state index in [2.05, 4.69) is 40.0 Å². The Hall–Kier alpha value is -1.89. The summed E-state index contributed by atoms with van der Waals surface area (Å²) in [7, 11) is 0. The van der Waals surface area contributed by atoms with Gasteiger partial charge in [-0.15, -0.1) is 0 Å². The van der Waals surface area contributed by atoms with Gasteiger partial charge in [0.1, 0.15) is 0 Å². The number of carbonyl (C=O) groups excluding carboxylic acids is 2. The maximum atomic E-state index is 12.5. The second-order valence-corrected chi connectivity index (χ2v) is 7.59. The van der Waals surface area contributed by atoms with Gasteiger partial charge in [-0.25, -0.2) is 0 Å². The molecule has 5 heteroatoms. The molecule has 0 bridgehead atoms. The summed E-state index contributed by atoms with van der Waals surface area (Å²) in [5.74, 6) is -0.285.